The Bertz CT molecular complexity index is 653. The summed E-state index contributed by atoms with van der Waals surface area (Å²) in [7, 11) is 0. The van der Waals surface area contributed by atoms with Gasteiger partial charge in [-0.05, 0) is 49.7 Å². The molecule has 2 aliphatic rings. The first-order chi connectivity index (χ1) is 11.8. The van der Waals surface area contributed by atoms with Crippen LogP contribution < -0.4 is 5.32 Å². The van der Waals surface area contributed by atoms with Gasteiger partial charge in [0.15, 0.2) is 5.76 Å². The largest absolute Gasteiger partial charge is 0.439 e. The molecule has 0 spiro atoms. The number of allylic oxidation sites excluding steroid dienone is 2. The second kappa shape index (κ2) is 6.42. The predicted molar refractivity (Wildman–Crippen MR) is 105 cm³/mol. The van der Waals surface area contributed by atoms with Gasteiger partial charge in [0.2, 0.25) is 5.89 Å². The maximum Gasteiger partial charge on any atom is 0.215 e. The lowest BCUT2D eigenvalue weighted by atomic mass is 9.76. The van der Waals surface area contributed by atoms with Crippen LogP contribution in [0.2, 0.25) is 0 Å². The molecule has 0 aromatic carbocycles. The molecule has 1 aliphatic heterocycles. The SMILES string of the molecule is CCCC1(CC)CNC(C)(c2nc3c(o2)C=CC(C)(C(C)C)C=C3)C1. The van der Waals surface area contributed by atoms with Gasteiger partial charge in [0, 0.05) is 12.0 Å². The Morgan fingerprint density at radius 3 is 2.56 bits per heavy atom. The number of hydrogen-bond acceptors (Lipinski definition) is 3. The first kappa shape index (κ1) is 18.4. The average molecular weight is 343 g/mol. The summed E-state index contributed by atoms with van der Waals surface area (Å²) in [4.78, 5) is 4.88. The van der Waals surface area contributed by atoms with Gasteiger partial charge in [0.25, 0.3) is 0 Å². The van der Waals surface area contributed by atoms with Crippen molar-refractivity contribution in [2.75, 3.05) is 6.54 Å². The first-order valence-corrected chi connectivity index (χ1v) is 9.91. The van der Waals surface area contributed by atoms with E-state index in [2.05, 4.69) is 71.2 Å². The van der Waals surface area contributed by atoms with Crippen LogP contribution >= 0.6 is 0 Å². The van der Waals surface area contributed by atoms with Gasteiger partial charge in [-0.25, -0.2) is 4.98 Å². The standard InChI is InChI=1S/C22H34N2O/c1-7-11-22(8-2)14-21(6,23-15-22)19-24-17-9-12-20(5,16(3)4)13-10-18(17)25-19/h9-10,12-13,16,23H,7-8,11,14-15H2,1-6H3. The molecule has 0 radical (unpaired) electrons. The zero-order valence-electron chi connectivity index (χ0n) is 16.8. The summed E-state index contributed by atoms with van der Waals surface area (Å²) in [5.41, 5.74) is 1.22. The molecule has 3 atom stereocenters. The Balaban J connectivity index is 1.88. The Morgan fingerprint density at radius 2 is 1.92 bits per heavy atom. The van der Waals surface area contributed by atoms with E-state index in [1.165, 1.54) is 19.3 Å². The summed E-state index contributed by atoms with van der Waals surface area (Å²) in [6.07, 6.45) is 13.6. The molecule has 1 aliphatic carbocycles. The van der Waals surface area contributed by atoms with Gasteiger partial charge in [-0.3, -0.25) is 0 Å². The van der Waals surface area contributed by atoms with E-state index in [0.29, 0.717) is 11.3 Å². The van der Waals surface area contributed by atoms with Crippen LogP contribution in [0.25, 0.3) is 12.2 Å². The van der Waals surface area contributed by atoms with Crippen molar-refractivity contribution >= 4 is 12.2 Å². The van der Waals surface area contributed by atoms with Gasteiger partial charge < -0.3 is 9.73 Å². The van der Waals surface area contributed by atoms with Crippen molar-refractivity contribution < 1.29 is 4.42 Å². The van der Waals surface area contributed by atoms with E-state index in [1.54, 1.807) is 0 Å². The molecule has 25 heavy (non-hydrogen) atoms. The highest BCUT2D eigenvalue weighted by Crippen LogP contribution is 2.46. The molecule has 138 valence electrons. The number of hydrogen-bond donors (Lipinski definition) is 1. The Hall–Kier alpha value is -1.35. The van der Waals surface area contributed by atoms with E-state index >= 15 is 0 Å². The minimum atomic E-state index is -0.166. The fourth-order valence-corrected chi connectivity index (χ4v) is 4.32. The van der Waals surface area contributed by atoms with Crippen molar-refractivity contribution in [3.05, 3.63) is 29.5 Å². The molecule has 0 bridgehead atoms. The number of nitrogens with one attached hydrogen (secondary N) is 1. The minimum absolute atomic E-state index is 0.0530. The van der Waals surface area contributed by atoms with Gasteiger partial charge in [0.05, 0.1) is 5.54 Å². The third-order valence-electron chi connectivity index (χ3n) is 6.70. The van der Waals surface area contributed by atoms with Crippen molar-refractivity contribution in [2.45, 2.75) is 72.8 Å². The van der Waals surface area contributed by atoms with Gasteiger partial charge in [-0.2, -0.15) is 0 Å². The topological polar surface area (TPSA) is 38.1 Å². The summed E-state index contributed by atoms with van der Waals surface area (Å²) >= 11 is 0. The lowest BCUT2D eigenvalue weighted by Gasteiger charge is -2.28. The number of fused-ring (bicyclic) bond motifs is 1. The molecule has 0 amide bonds. The van der Waals surface area contributed by atoms with Crippen LogP contribution in [-0.2, 0) is 5.54 Å². The monoisotopic (exact) mass is 342 g/mol. The number of rotatable bonds is 5. The van der Waals surface area contributed by atoms with Crippen molar-refractivity contribution in [3.63, 3.8) is 0 Å². The Kier molecular flexibility index (Phi) is 4.74. The van der Waals surface area contributed by atoms with Crippen LogP contribution in [0.15, 0.2) is 16.6 Å². The molecule has 2 heterocycles. The van der Waals surface area contributed by atoms with Crippen LogP contribution in [0.3, 0.4) is 0 Å². The number of oxazole rings is 1. The average Bonchev–Trinajstić information content (AvgIpc) is 3.10. The first-order valence-electron chi connectivity index (χ1n) is 9.91. The second-order valence-corrected chi connectivity index (χ2v) is 8.92. The van der Waals surface area contributed by atoms with Gasteiger partial charge >= 0.3 is 0 Å². The third kappa shape index (κ3) is 3.23. The molecule has 3 rings (SSSR count). The van der Waals surface area contributed by atoms with Crippen LogP contribution in [0.1, 0.15) is 84.6 Å². The van der Waals surface area contributed by atoms with E-state index in [4.69, 9.17) is 9.40 Å². The number of aromatic nitrogens is 1. The number of nitrogens with zero attached hydrogens (tertiary/aromatic N) is 1. The molecule has 0 saturated carbocycles. The normalized spacial score (nSPS) is 34.5. The summed E-state index contributed by atoms with van der Waals surface area (Å²) in [5, 5.41) is 3.73. The zero-order chi connectivity index (χ0) is 18.3. The van der Waals surface area contributed by atoms with Crippen molar-refractivity contribution in [3.8, 4) is 0 Å². The van der Waals surface area contributed by atoms with Crippen LogP contribution in [0.4, 0.5) is 0 Å². The van der Waals surface area contributed by atoms with E-state index in [9.17, 15) is 0 Å². The molecular weight excluding hydrogens is 308 g/mol. The molecule has 3 unspecified atom stereocenters. The molecule has 3 nitrogen and oxygen atoms in total. The summed E-state index contributed by atoms with van der Waals surface area (Å²) in [6, 6.07) is 0. The van der Waals surface area contributed by atoms with E-state index < -0.39 is 0 Å². The zero-order valence-corrected chi connectivity index (χ0v) is 16.8. The van der Waals surface area contributed by atoms with E-state index in [0.717, 1.165) is 30.3 Å². The highest BCUT2D eigenvalue weighted by atomic mass is 16.4. The van der Waals surface area contributed by atoms with Crippen LogP contribution in [0, 0.1) is 16.7 Å². The summed E-state index contributed by atoms with van der Waals surface area (Å²) < 4.78 is 6.25. The predicted octanol–water partition coefficient (Wildman–Crippen LogP) is 5.78. The fraction of sp³-hybridized carbons (Fsp3) is 0.682. The van der Waals surface area contributed by atoms with E-state index in [-0.39, 0.29) is 11.0 Å². The maximum atomic E-state index is 6.25. The highest BCUT2D eigenvalue weighted by Gasteiger charge is 2.47. The Morgan fingerprint density at radius 1 is 1.20 bits per heavy atom. The van der Waals surface area contributed by atoms with Gasteiger partial charge in [0.1, 0.15) is 5.69 Å². The Labute approximate surface area is 153 Å². The van der Waals surface area contributed by atoms with Crippen molar-refractivity contribution in [1.82, 2.24) is 10.3 Å². The maximum absolute atomic E-state index is 6.25. The quantitative estimate of drug-likeness (QED) is 0.737. The minimum Gasteiger partial charge on any atom is -0.439 e. The fourth-order valence-electron chi connectivity index (χ4n) is 4.32. The molecule has 1 aromatic rings. The second-order valence-electron chi connectivity index (χ2n) is 8.92. The lowest BCUT2D eigenvalue weighted by Crippen LogP contribution is -2.33. The molecule has 1 N–H and O–H groups in total. The molecule has 1 fully saturated rings. The lowest BCUT2D eigenvalue weighted by molar-refractivity contribution is 0.238. The summed E-state index contributed by atoms with van der Waals surface area (Å²) in [6.45, 7) is 14.7. The smallest absolute Gasteiger partial charge is 0.215 e. The molecule has 1 saturated heterocycles. The van der Waals surface area contributed by atoms with Crippen molar-refractivity contribution in [2.24, 2.45) is 16.7 Å². The molecular formula is C22H34N2O. The third-order valence-corrected chi connectivity index (χ3v) is 6.70. The van der Waals surface area contributed by atoms with Crippen LogP contribution in [-0.4, -0.2) is 11.5 Å². The van der Waals surface area contributed by atoms with Gasteiger partial charge in [-0.1, -0.05) is 53.2 Å². The molecule has 3 heteroatoms. The molecule has 1 aromatic heterocycles. The van der Waals surface area contributed by atoms with Gasteiger partial charge in [-0.15, -0.1) is 0 Å². The highest BCUT2D eigenvalue weighted by molar-refractivity contribution is 5.63. The summed E-state index contributed by atoms with van der Waals surface area (Å²) in [5.74, 6) is 2.27. The van der Waals surface area contributed by atoms with Crippen molar-refractivity contribution in [1.29, 1.82) is 0 Å². The van der Waals surface area contributed by atoms with Crippen LogP contribution in [0.5, 0.6) is 0 Å². The van der Waals surface area contributed by atoms with E-state index in [1.807, 2.05) is 0 Å².